The predicted molar refractivity (Wildman–Crippen MR) is 89.4 cm³/mol. The van der Waals surface area contributed by atoms with Gasteiger partial charge in [-0.25, -0.2) is 9.78 Å². The zero-order valence-corrected chi connectivity index (χ0v) is 12.9. The molecule has 1 N–H and O–H groups in total. The molecule has 3 aromatic rings. The highest BCUT2D eigenvalue weighted by molar-refractivity contribution is 6.02. The lowest BCUT2D eigenvalue weighted by Crippen LogP contribution is -2.01. The molecule has 1 heterocycles. The Balaban J connectivity index is 1.98. The van der Waals surface area contributed by atoms with Crippen molar-refractivity contribution in [1.82, 2.24) is 9.97 Å². The standard InChI is InChI=1S/C18H16N2O3/c1-22-15-9-4-3-6-12(15)10-11-16-19-14-8-5-7-13(17(14)20-16)18(21)23-2/h3-11H,1-2H3,(H,19,20). The van der Waals surface area contributed by atoms with Crippen LogP contribution in [-0.2, 0) is 4.74 Å². The van der Waals surface area contributed by atoms with Crippen LogP contribution in [0.4, 0.5) is 0 Å². The number of nitrogens with zero attached hydrogens (tertiary/aromatic N) is 1. The summed E-state index contributed by atoms with van der Waals surface area (Å²) in [6, 6.07) is 13.1. The third kappa shape index (κ3) is 2.94. The molecular formula is C18H16N2O3. The minimum atomic E-state index is -0.401. The quantitative estimate of drug-likeness (QED) is 0.749. The lowest BCUT2D eigenvalue weighted by Gasteiger charge is -2.02. The van der Waals surface area contributed by atoms with Gasteiger partial charge in [-0.05, 0) is 30.4 Å². The molecule has 1 aromatic heterocycles. The van der Waals surface area contributed by atoms with Crippen LogP contribution in [0.25, 0.3) is 23.2 Å². The van der Waals surface area contributed by atoms with Crippen molar-refractivity contribution in [3.8, 4) is 5.75 Å². The number of aromatic amines is 1. The number of para-hydroxylation sites is 2. The summed E-state index contributed by atoms with van der Waals surface area (Å²) in [6.45, 7) is 0. The highest BCUT2D eigenvalue weighted by Gasteiger charge is 2.13. The SMILES string of the molecule is COC(=O)c1cccc2[nH]c(C=Cc3ccccc3OC)nc12. The van der Waals surface area contributed by atoms with E-state index in [-0.39, 0.29) is 0 Å². The van der Waals surface area contributed by atoms with Crippen LogP contribution in [0.15, 0.2) is 42.5 Å². The topological polar surface area (TPSA) is 64.2 Å². The van der Waals surface area contributed by atoms with Crippen molar-refractivity contribution in [1.29, 1.82) is 0 Å². The van der Waals surface area contributed by atoms with Gasteiger partial charge in [0.1, 0.15) is 17.1 Å². The summed E-state index contributed by atoms with van der Waals surface area (Å²) in [4.78, 5) is 19.4. The van der Waals surface area contributed by atoms with Gasteiger partial charge in [-0.2, -0.15) is 0 Å². The van der Waals surface area contributed by atoms with Gasteiger partial charge < -0.3 is 14.5 Å². The number of hydrogen-bond acceptors (Lipinski definition) is 4. The highest BCUT2D eigenvalue weighted by Crippen LogP contribution is 2.21. The Kier molecular flexibility index (Phi) is 4.10. The Morgan fingerprint density at radius 2 is 1.91 bits per heavy atom. The number of benzene rings is 2. The van der Waals surface area contributed by atoms with Crippen LogP contribution in [0.3, 0.4) is 0 Å². The van der Waals surface area contributed by atoms with Crippen molar-refractivity contribution in [3.05, 3.63) is 59.4 Å². The van der Waals surface area contributed by atoms with Crippen LogP contribution in [0, 0.1) is 0 Å². The number of aromatic nitrogens is 2. The third-order valence-electron chi connectivity index (χ3n) is 3.50. The van der Waals surface area contributed by atoms with Gasteiger partial charge in [-0.3, -0.25) is 0 Å². The van der Waals surface area contributed by atoms with E-state index in [4.69, 9.17) is 9.47 Å². The van der Waals surface area contributed by atoms with Gasteiger partial charge in [0.2, 0.25) is 0 Å². The average Bonchev–Trinajstić information content (AvgIpc) is 3.02. The highest BCUT2D eigenvalue weighted by atomic mass is 16.5. The smallest absolute Gasteiger partial charge is 0.340 e. The van der Waals surface area contributed by atoms with Crippen LogP contribution in [0.1, 0.15) is 21.7 Å². The first kappa shape index (κ1) is 14.8. The molecule has 0 aliphatic carbocycles. The van der Waals surface area contributed by atoms with E-state index in [1.807, 2.05) is 42.5 Å². The number of nitrogens with one attached hydrogen (secondary N) is 1. The van der Waals surface area contributed by atoms with Crippen molar-refractivity contribution in [2.75, 3.05) is 14.2 Å². The van der Waals surface area contributed by atoms with Gasteiger partial charge in [-0.15, -0.1) is 0 Å². The average molecular weight is 308 g/mol. The van der Waals surface area contributed by atoms with Crippen LogP contribution < -0.4 is 4.74 Å². The van der Waals surface area contributed by atoms with E-state index in [2.05, 4.69) is 9.97 Å². The van der Waals surface area contributed by atoms with E-state index in [0.29, 0.717) is 16.9 Å². The molecule has 5 nitrogen and oxygen atoms in total. The summed E-state index contributed by atoms with van der Waals surface area (Å²) in [5, 5.41) is 0. The maximum absolute atomic E-state index is 11.8. The number of imidazole rings is 1. The monoisotopic (exact) mass is 308 g/mol. The number of esters is 1. The lowest BCUT2D eigenvalue weighted by atomic mass is 10.2. The van der Waals surface area contributed by atoms with Crippen LogP contribution >= 0.6 is 0 Å². The first-order chi connectivity index (χ1) is 11.2. The van der Waals surface area contributed by atoms with Gasteiger partial charge in [0.05, 0.1) is 25.3 Å². The molecule has 5 heteroatoms. The Hall–Kier alpha value is -3.08. The molecule has 0 saturated carbocycles. The minimum absolute atomic E-state index is 0.401. The predicted octanol–water partition coefficient (Wildman–Crippen LogP) is 3.53. The number of methoxy groups -OCH3 is 2. The Labute approximate surface area is 133 Å². The van der Waals surface area contributed by atoms with E-state index < -0.39 is 5.97 Å². The molecule has 23 heavy (non-hydrogen) atoms. The number of H-pyrrole nitrogens is 1. The van der Waals surface area contributed by atoms with E-state index in [1.54, 1.807) is 19.2 Å². The fourth-order valence-corrected chi connectivity index (χ4v) is 2.38. The third-order valence-corrected chi connectivity index (χ3v) is 3.50. The van der Waals surface area contributed by atoms with E-state index in [9.17, 15) is 4.79 Å². The summed E-state index contributed by atoms with van der Waals surface area (Å²) < 4.78 is 10.1. The summed E-state index contributed by atoms with van der Waals surface area (Å²) >= 11 is 0. The van der Waals surface area contributed by atoms with Gasteiger partial charge >= 0.3 is 5.97 Å². The lowest BCUT2D eigenvalue weighted by molar-refractivity contribution is 0.0603. The van der Waals surface area contributed by atoms with Crippen molar-refractivity contribution in [3.63, 3.8) is 0 Å². The molecule has 0 saturated heterocycles. The molecule has 0 unspecified atom stereocenters. The normalized spacial score (nSPS) is 11.0. The van der Waals surface area contributed by atoms with E-state index in [0.717, 1.165) is 16.8 Å². The van der Waals surface area contributed by atoms with Gasteiger partial charge in [0.25, 0.3) is 0 Å². The number of ether oxygens (including phenoxy) is 2. The summed E-state index contributed by atoms with van der Waals surface area (Å²) in [5.41, 5.74) is 2.77. The molecule has 2 aromatic carbocycles. The molecule has 0 atom stereocenters. The molecule has 0 spiro atoms. The van der Waals surface area contributed by atoms with Crippen LogP contribution in [0.5, 0.6) is 5.75 Å². The zero-order chi connectivity index (χ0) is 16.2. The summed E-state index contributed by atoms with van der Waals surface area (Å²) in [6.07, 6.45) is 3.76. The molecule has 0 radical (unpaired) electrons. The maximum Gasteiger partial charge on any atom is 0.340 e. The Morgan fingerprint density at radius 1 is 1.09 bits per heavy atom. The van der Waals surface area contributed by atoms with E-state index >= 15 is 0 Å². The fraction of sp³-hybridized carbons (Fsp3) is 0.111. The molecule has 0 bridgehead atoms. The molecule has 116 valence electrons. The number of carbonyl (C=O) groups is 1. The minimum Gasteiger partial charge on any atom is -0.496 e. The zero-order valence-electron chi connectivity index (χ0n) is 12.9. The van der Waals surface area contributed by atoms with Crippen LogP contribution in [0.2, 0.25) is 0 Å². The molecule has 3 rings (SSSR count). The largest absolute Gasteiger partial charge is 0.496 e. The first-order valence-corrected chi connectivity index (χ1v) is 7.11. The number of hydrogen-bond donors (Lipinski definition) is 1. The molecular weight excluding hydrogens is 292 g/mol. The summed E-state index contributed by atoms with van der Waals surface area (Å²) in [7, 11) is 2.99. The Bertz CT molecular complexity index is 881. The number of carbonyl (C=O) groups excluding carboxylic acids is 1. The van der Waals surface area contributed by atoms with Crippen molar-refractivity contribution < 1.29 is 14.3 Å². The summed E-state index contributed by atoms with van der Waals surface area (Å²) in [5.74, 6) is 1.04. The van der Waals surface area contributed by atoms with Gasteiger partial charge in [0.15, 0.2) is 0 Å². The second-order valence-electron chi connectivity index (χ2n) is 4.89. The maximum atomic E-state index is 11.8. The number of fused-ring (bicyclic) bond motifs is 1. The number of rotatable bonds is 4. The molecule has 0 amide bonds. The van der Waals surface area contributed by atoms with Gasteiger partial charge in [0, 0.05) is 5.56 Å². The second-order valence-corrected chi connectivity index (χ2v) is 4.89. The molecule has 0 fully saturated rings. The van der Waals surface area contributed by atoms with Gasteiger partial charge in [-0.1, -0.05) is 24.3 Å². The molecule has 0 aliphatic rings. The van der Waals surface area contributed by atoms with Crippen molar-refractivity contribution in [2.24, 2.45) is 0 Å². The van der Waals surface area contributed by atoms with Crippen molar-refractivity contribution >= 4 is 29.2 Å². The van der Waals surface area contributed by atoms with Crippen molar-refractivity contribution in [2.45, 2.75) is 0 Å². The molecule has 0 aliphatic heterocycles. The fourth-order valence-electron chi connectivity index (χ4n) is 2.38. The Morgan fingerprint density at radius 3 is 2.70 bits per heavy atom. The van der Waals surface area contributed by atoms with E-state index in [1.165, 1.54) is 7.11 Å². The first-order valence-electron chi connectivity index (χ1n) is 7.11. The van der Waals surface area contributed by atoms with Crippen LogP contribution in [-0.4, -0.2) is 30.2 Å². The second kappa shape index (κ2) is 6.36.